The average molecular weight is 443 g/mol. The van der Waals surface area contributed by atoms with Crippen LogP contribution < -0.4 is 14.9 Å². The highest BCUT2D eigenvalue weighted by Gasteiger charge is 2.12. The van der Waals surface area contributed by atoms with Crippen LogP contribution in [0.25, 0.3) is 0 Å². The van der Waals surface area contributed by atoms with E-state index in [0.29, 0.717) is 40.0 Å². The number of halogens is 1. The quantitative estimate of drug-likeness (QED) is 0.376. The van der Waals surface area contributed by atoms with E-state index in [1.165, 1.54) is 18.3 Å². The van der Waals surface area contributed by atoms with Crippen molar-refractivity contribution < 1.29 is 28.6 Å². The van der Waals surface area contributed by atoms with Gasteiger partial charge in [0, 0.05) is 0 Å². The van der Waals surface area contributed by atoms with Crippen LogP contribution in [0.4, 0.5) is 0 Å². The van der Waals surface area contributed by atoms with E-state index in [2.05, 4.69) is 10.5 Å². The maximum absolute atomic E-state index is 12.1. The summed E-state index contributed by atoms with van der Waals surface area (Å²) in [5.41, 5.74) is 3.42. The summed E-state index contributed by atoms with van der Waals surface area (Å²) < 4.78 is 16.5. The van der Waals surface area contributed by atoms with E-state index in [-0.39, 0.29) is 12.4 Å². The van der Waals surface area contributed by atoms with Crippen LogP contribution in [-0.4, -0.2) is 29.8 Å². The molecule has 2 aromatic carbocycles. The Morgan fingerprint density at radius 2 is 1.94 bits per heavy atom. The minimum atomic E-state index is -1.15. The van der Waals surface area contributed by atoms with Crippen molar-refractivity contribution in [1.82, 2.24) is 5.43 Å². The van der Waals surface area contributed by atoms with Crippen LogP contribution in [0.2, 0.25) is 5.02 Å². The monoisotopic (exact) mass is 442 g/mol. The third-order valence-corrected chi connectivity index (χ3v) is 4.34. The molecule has 0 saturated carbocycles. The van der Waals surface area contributed by atoms with Crippen molar-refractivity contribution >= 4 is 29.7 Å². The van der Waals surface area contributed by atoms with Gasteiger partial charge >= 0.3 is 5.97 Å². The normalized spacial score (nSPS) is 10.8. The van der Waals surface area contributed by atoms with E-state index < -0.39 is 11.9 Å². The Kier molecular flexibility index (Phi) is 7.29. The zero-order valence-electron chi connectivity index (χ0n) is 16.5. The van der Waals surface area contributed by atoms with Gasteiger partial charge < -0.3 is 19.0 Å². The standard InChI is InChI=1S/C22H19ClN2O6/c1-2-29-20-11-14(12-24-25-21(26)16-5-3-4-6-17(16)23)7-9-18(20)30-13-15-8-10-19(31-15)22(27)28/h3-12H,2,13H2,1H3,(H,25,26)(H,27,28). The topological polar surface area (TPSA) is 110 Å². The molecule has 0 fully saturated rings. The van der Waals surface area contributed by atoms with Gasteiger partial charge in [-0.05, 0) is 55.0 Å². The fraction of sp³-hybridized carbons (Fsp3) is 0.136. The Morgan fingerprint density at radius 3 is 2.65 bits per heavy atom. The van der Waals surface area contributed by atoms with E-state index in [4.69, 9.17) is 30.6 Å². The zero-order valence-corrected chi connectivity index (χ0v) is 17.3. The number of rotatable bonds is 9. The van der Waals surface area contributed by atoms with Crippen LogP contribution in [0.3, 0.4) is 0 Å². The number of hydrazone groups is 1. The minimum Gasteiger partial charge on any atom is -0.490 e. The summed E-state index contributed by atoms with van der Waals surface area (Å²) in [4.78, 5) is 23.0. The first-order valence-corrected chi connectivity index (χ1v) is 9.65. The Morgan fingerprint density at radius 1 is 1.13 bits per heavy atom. The zero-order chi connectivity index (χ0) is 22.2. The number of furan rings is 1. The highest BCUT2D eigenvalue weighted by molar-refractivity contribution is 6.33. The molecular formula is C22H19ClN2O6. The first-order chi connectivity index (χ1) is 15.0. The molecule has 0 saturated heterocycles. The molecule has 0 aliphatic rings. The van der Waals surface area contributed by atoms with Crippen LogP contribution in [0.1, 0.15) is 39.2 Å². The molecule has 0 spiro atoms. The Balaban J connectivity index is 1.66. The molecule has 1 heterocycles. The maximum atomic E-state index is 12.1. The van der Waals surface area contributed by atoms with E-state index in [9.17, 15) is 9.59 Å². The second-order valence-corrected chi connectivity index (χ2v) is 6.59. The molecule has 3 aromatic rings. The summed E-state index contributed by atoms with van der Waals surface area (Å²) in [6, 6.07) is 14.7. The molecule has 3 rings (SSSR count). The SMILES string of the molecule is CCOc1cc(C=NNC(=O)c2ccccc2Cl)ccc1OCc1ccc(C(=O)O)o1. The molecule has 0 atom stereocenters. The van der Waals surface area contributed by atoms with Crippen molar-refractivity contribution in [2.75, 3.05) is 6.61 Å². The Bertz CT molecular complexity index is 1110. The fourth-order valence-corrected chi connectivity index (χ4v) is 2.80. The average Bonchev–Trinajstić information content (AvgIpc) is 3.23. The lowest BCUT2D eigenvalue weighted by atomic mass is 10.2. The lowest BCUT2D eigenvalue weighted by molar-refractivity contribution is 0.0657. The highest BCUT2D eigenvalue weighted by Crippen LogP contribution is 2.29. The van der Waals surface area contributed by atoms with Crippen molar-refractivity contribution in [2.24, 2.45) is 5.10 Å². The summed E-state index contributed by atoms with van der Waals surface area (Å²) in [6.07, 6.45) is 1.46. The molecule has 0 aliphatic carbocycles. The number of aromatic carboxylic acids is 1. The summed E-state index contributed by atoms with van der Waals surface area (Å²) >= 11 is 6.00. The predicted molar refractivity (Wildman–Crippen MR) is 114 cm³/mol. The van der Waals surface area contributed by atoms with Crippen molar-refractivity contribution in [3.8, 4) is 11.5 Å². The van der Waals surface area contributed by atoms with Gasteiger partial charge in [-0.3, -0.25) is 4.79 Å². The number of hydrogen-bond donors (Lipinski definition) is 2. The third kappa shape index (κ3) is 5.86. The molecular weight excluding hydrogens is 424 g/mol. The van der Waals surface area contributed by atoms with Crippen molar-refractivity contribution in [3.63, 3.8) is 0 Å². The van der Waals surface area contributed by atoms with Crippen LogP contribution >= 0.6 is 11.6 Å². The molecule has 2 N–H and O–H groups in total. The van der Waals surface area contributed by atoms with E-state index >= 15 is 0 Å². The molecule has 0 unspecified atom stereocenters. The summed E-state index contributed by atoms with van der Waals surface area (Å²) in [5.74, 6) is -0.444. The molecule has 8 nitrogen and oxygen atoms in total. The van der Waals surface area contributed by atoms with Crippen LogP contribution in [0.15, 0.2) is 64.1 Å². The number of carbonyl (C=O) groups is 2. The summed E-state index contributed by atoms with van der Waals surface area (Å²) in [6.45, 7) is 2.28. The molecule has 0 aliphatic heterocycles. The molecule has 160 valence electrons. The van der Waals surface area contributed by atoms with Gasteiger partial charge in [-0.2, -0.15) is 5.10 Å². The maximum Gasteiger partial charge on any atom is 0.371 e. The van der Waals surface area contributed by atoms with Gasteiger partial charge in [0.15, 0.2) is 11.5 Å². The second kappa shape index (κ2) is 10.3. The number of benzene rings is 2. The van der Waals surface area contributed by atoms with Crippen LogP contribution in [-0.2, 0) is 6.61 Å². The molecule has 31 heavy (non-hydrogen) atoms. The number of amides is 1. The van der Waals surface area contributed by atoms with Gasteiger partial charge in [0.2, 0.25) is 5.76 Å². The second-order valence-electron chi connectivity index (χ2n) is 6.18. The van der Waals surface area contributed by atoms with E-state index in [1.54, 1.807) is 42.5 Å². The molecule has 1 aromatic heterocycles. The number of nitrogens with one attached hydrogen (secondary N) is 1. The fourth-order valence-electron chi connectivity index (χ4n) is 2.58. The summed E-state index contributed by atoms with van der Waals surface area (Å²) in [5, 5.41) is 13.2. The number of ether oxygens (including phenoxy) is 2. The number of carboxylic acids is 1. The van der Waals surface area contributed by atoms with Gasteiger partial charge in [-0.25, -0.2) is 10.2 Å². The van der Waals surface area contributed by atoms with Gasteiger partial charge in [0.05, 0.1) is 23.4 Å². The third-order valence-electron chi connectivity index (χ3n) is 4.01. The van der Waals surface area contributed by atoms with Gasteiger partial charge in [-0.1, -0.05) is 23.7 Å². The molecule has 0 bridgehead atoms. The van der Waals surface area contributed by atoms with Crippen molar-refractivity contribution in [3.05, 3.63) is 82.3 Å². The number of carboxylic acid groups (broad SMARTS) is 1. The Labute approximate surface area is 183 Å². The van der Waals surface area contributed by atoms with E-state index in [0.717, 1.165) is 0 Å². The molecule has 1 amide bonds. The lowest BCUT2D eigenvalue weighted by Gasteiger charge is -2.11. The first-order valence-electron chi connectivity index (χ1n) is 9.27. The number of hydrogen-bond acceptors (Lipinski definition) is 6. The van der Waals surface area contributed by atoms with Gasteiger partial charge in [0.25, 0.3) is 5.91 Å². The predicted octanol–water partition coefficient (Wildman–Crippen LogP) is 4.37. The number of carbonyl (C=O) groups excluding carboxylic acids is 1. The summed E-state index contributed by atoms with van der Waals surface area (Å²) in [7, 11) is 0. The van der Waals surface area contributed by atoms with Crippen molar-refractivity contribution in [2.45, 2.75) is 13.5 Å². The smallest absolute Gasteiger partial charge is 0.371 e. The van der Waals surface area contributed by atoms with Gasteiger partial charge in [0.1, 0.15) is 12.4 Å². The largest absolute Gasteiger partial charge is 0.490 e. The van der Waals surface area contributed by atoms with Crippen LogP contribution in [0, 0.1) is 0 Å². The van der Waals surface area contributed by atoms with E-state index in [1.807, 2.05) is 6.92 Å². The number of nitrogens with zero attached hydrogens (tertiary/aromatic N) is 1. The molecule has 0 radical (unpaired) electrons. The Hall–Kier alpha value is -3.78. The molecule has 9 heteroatoms. The van der Waals surface area contributed by atoms with Crippen molar-refractivity contribution in [1.29, 1.82) is 0 Å². The lowest BCUT2D eigenvalue weighted by Crippen LogP contribution is -2.17. The minimum absolute atomic E-state index is 0.0364. The highest BCUT2D eigenvalue weighted by atomic mass is 35.5. The first kappa shape index (κ1) is 21.9. The van der Waals surface area contributed by atoms with Crippen LogP contribution in [0.5, 0.6) is 11.5 Å². The van der Waals surface area contributed by atoms with Gasteiger partial charge in [-0.15, -0.1) is 0 Å².